The number of carboxylic acid groups (broad SMARTS) is 1. The van der Waals surface area contributed by atoms with Crippen LogP contribution in [0.3, 0.4) is 0 Å². The van der Waals surface area contributed by atoms with Crippen molar-refractivity contribution in [3.8, 4) is 16.9 Å². The molecule has 7 rings (SSSR count). The van der Waals surface area contributed by atoms with E-state index in [1.54, 1.807) is 31.2 Å². The zero-order valence-electron chi connectivity index (χ0n) is 27.8. The molecule has 1 amide bonds. The predicted molar refractivity (Wildman–Crippen MR) is 176 cm³/mol. The Labute approximate surface area is 276 Å². The van der Waals surface area contributed by atoms with Gasteiger partial charge in [-0.15, -0.1) is 0 Å². The second-order valence-corrected chi connectivity index (χ2v) is 14.5. The Hall–Kier alpha value is -3.22. The average molecular weight is 652 g/mol. The van der Waals surface area contributed by atoms with Crippen molar-refractivity contribution in [2.75, 3.05) is 31.8 Å². The number of nitrogens with one attached hydrogen (secondary N) is 1. The van der Waals surface area contributed by atoms with Gasteiger partial charge in [0.1, 0.15) is 17.9 Å². The van der Waals surface area contributed by atoms with Crippen molar-refractivity contribution in [3.05, 3.63) is 47.5 Å². The minimum atomic E-state index is -1.06. The van der Waals surface area contributed by atoms with Crippen molar-refractivity contribution in [2.24, 2.45) is 23.2 Å². The topological polar surface area (TPSA) is 152 Å². The number of carboxylic acids is 1. The standard InChI is InChI=1S/C36H49N3O8/c1-20(42)31-30(19-41)47-39(32(31)34(43)37-26-15-24-14-25(16-26)36(24,2)3)17-21-7-5-9-29(33(21)46-4)22-11-23(35(44)45)13-28(12-22)38-10-6-8-27(38)18-40/h5,7,9,11-13,20,24-27,30-32,40-42H,6,8,10,14-19H2,1-4H3,(H,37,43)(H,44,45)/t20-,24+,25?,26?,27+,30-,31+,32-/m0/s1. The molecule has 11 heteroatoms. The number of benzene rings is 2. The number of methoxy groups -OCH3 is 1. The number of ether oxygens (including phenoxy) is 1. The van der Waals surface area contributed by atoms with E-state index in [1.807, 2.05) is 24.3 Å². The van der Waals surface area contributed by atoms with Gasteiger partial charge in [0, 0.05) is 35.3 Å². The summed E-state index contributed by atoms with van der Waals surface area (Å²) in [7, 11) is 1.55. The summed E-state index contributed by atoms with van der Waals surface area (Å²) in [6.45, 7) is 6.71. The number of aromatic carboxylic acids is 1. The summed E-state index contributed by atoms with van der Waals surface area (Å²) in [6, 6.07) is 9.88. The molecule has 2 aromatic carbocycles. The number of rotatable bonds is 11. The third kappa shape index (κ3) is 6.24. The van der Waals surface area contributed by atoms with Crippen molar-refractivity contribution < 1.29 is 39.6 Å². The SMILES string of the molecule is COc1c(CN2O[C@@H](CO)[C@@H]([C@H](C)O)[C@H]2C(=O)NC2CC3C[C@H](C2)C3(C)C)cccc1-c1cc(C(=O)O)cc(N2CCC[C@@H]2CO)c1. The van der Waals surface area contributed by atoms with Gasteiger partial charge in [0.05, 0.1) is 44.6 Å². The van der Waals surface area contributed by atoms with Gasteiger partial charge in [0.2, 0.25) is 5.91 Å². The molecule has 0 spiro atoms. The molecule has 256 valence electrons. The van der Waals surface area contributed by atoms with E-state index in [0.29, 0.717) is 39.7 Å². The monoisotopic (exact) mass is 651 g/mol. The van der Waals surface area contributed by atoms with Crippen LogP contribution in [-0.2, 0) is 16.2 Å². The highest BCUT2D eigenvalue weighted by Gasteiger charge is 2.54. The van der Waals surface area contributed by atoms with E-state index in [1.165, 1.54) is 6.42 Å². The lowest BCUT2D eigenvalue weighted by atomic mass is 9.48. The van der Waals surface area contributed by atoms with Crippen LogP contribution in [0.5, 0.6) is 5.75 Å². The first-order valence-corrected chi connectivity index (χ1v) is 16.9. The number of hydrogen-bond acceptors (Lipinski definition) is 9. The lowest BCUT2D eigenvalue weighted by molar-refractivity contribution is -0.182. The summed E-state index contributed by atoms with van der Waals surface area (Å²) in [5.41, 5.74) is 3.16. The Balaban J connectivity index is 1.30. The van der Waals surface area contributed by atoms with Gasteiger partial charge in [0.15, 0.2) is 0 Å². The van der Waals surface area contributed by atoms with Crippen LogP contribution in [0.1, 0.15) is 68.8 Å². The van der Waals surface area contributed by atoms with Crippen LogP contribution < -0.4 is 15.0 Å². The fraction of sp³-hybridized carbons (Fsp3) is 0.611. The lowest BCUT2D eigenvalue weighted by Gasteiger charge is -2.59. The molecule has 2 heterocycles. The number of fused-ring (bicyclic) bond motifs is 2. The van der Waals surface area contributed by atoms with Crippen LogP contribution in [0.4, 0.5) is 5.69 Å². The van der Waals surface area contributed by atoms with E-state index in [0.717, 1.165) is 37.9 Å². The molecule has 11 nitrogen and oxygen atoms in total. The molecule has 5 N–H and O–H groups in total. The van der Waals surface area contributed by atoms with E-state index < -0.39 is 30.1 Å². The third-order valence-electron chi connectivity index (χ3n) is 11.6. The first-order chi connectivity index (χ1) is 22.5. The molecule has 5 fully saturated rings. The number of para-hydroxylation sites is 1. The van der Waals surface area contributed by atoms with Gasteiger partial charge in [-0.25, -0.2) is 4.79 Å². The number of hydroxylamine groups is 2. The van der Waals surface area contributed by atoms with Gasteiger partial charge in [0.25, 0.3) is 0 Å². The zero-order chi connectivity index (χ0) is 33.6. The van der Waals surface area contributed by atoms with Crippen molar-refractivity contribution in [2.45, 2.75) is 89.8 Å². The van der Waals surface area contributed by atoms with E-state index >= 15 is 0 Å². The average Bonchev–Trinajstić information content (AvgIpc) is 3.69. The molecular formula is C36H49N3O8. The molecule has 2 saturated heterocycles. The summed E-state index contributed by atoms with van der Waals surface area (Å²) in [5, 5.41) is 45.8. The number of aliphatic hydroxyl groups excluding tert-OH is 3. The third-order valence-corrected chi connectivity index (χ3v) is 11.6. The predicted octanol–water partition coefficient (Wildman–Crippen LogP) is 3.44. The smallest absolute Gasteiger partial charge is 0.335 e. The number of amides is 1. The highest BCUT2D eigenvalue weighted by molar-refractivity contribution is 5.92. The summed E-state index contributed by atoms with van der Waals surface area (Å²) in [4.78, 5) is 34.4. The van der Waals surface area contributed by atoms with Gasteiger partial charge in [-0.2, -0.15) is 5.06 Å². The molecule has 47 heavy (non-hydrogen) atoms. The van der Waals surface area contributed by atoms with Crippen LogP contribution in [-0.4, -0.2) is 94.6 Å². The van der Waals surface area contributed by atoms with Crippen molar-refractivity contribution in [1.29, 1.82) is 0 Å². The first kappa shape index (κ1) is 33.7. The highest BCUT2D eigenvalue weighted by atomic mass is 16.7. The Morgan fingerprint density at radius 2 is 1.85 bits per heavy atom. The van der Waals surface area contributed by atoms with E-state index in [9.17, 15) is 30.0 Å². The molecule has 8 atom stereocenters. The molecule has 0 aromatic heterocycles. The number of carbonyl (C=O) groups is 2. The highest BCUT2D eigenvalue weighted by Crippen LogP contribution is 2.59. The molecular weight excluding hydrogens is 602 g/mol. The second kappa shape index (κ2) is 13.4. The molecule has 2 aromatic rings. The van der Waals surface area contributed by atoms with E-state index in [-0.39, 0.29) is 43.3 Å². The summed E-state index contributed by atoms with van der Waals surface area (Å²) in [5.74, 6) is -0.285. The second-order valence-electron chi connectivity index (χ2n) is 14.5. The van der Waals surface area contributed by atoms with Gasteiger partial charge in [-0.3, -0.25) is 9.63 Å². The Morgan fingerprint density at radius 1 is 1.11 bits per heavy atom. The minimum Gasteiger partial charge on any atom is -0.496 e. The molecule has 3 aliphatic carbocycles. The van der Waals surface area contributed by atoms with Crippen LogP contribution in [0.25, 0.3) is 11.1 Å². The first-order valence-electron chi connectivity index (χ1n) is 16.9. The van der Waals surface area contributed by atoms with Gasteiger partial charge in [-0.05, 0) is 80.0 Å². The van der Waals surface area contributed by atoms with Gasteiger partial charge >= 0.3 is 5.97 Å². The summed E-state index contributed by atoms with van der Waals surface area (Å²) >= 11 is 0. The normalized spacial score (nSPS) is 30.5. The Bertz CT molecular complexity index is 1470. The number of hydrogen-bond donors (Lipinski definition) is 5. The lowest BCUT2D eigenvalue weighted by Crippen LogP contribution is -2.58. The number of nitrogens with zero attached hydrogens (tertiary/aromatic N) is 2. The van der Waals surface area contributed by atoms with Crippen LogP contribution in [0, 0.1) is 23.2 Å². The molecule has 3 saturated carbocycles. The maximum Gasteiger partial charge on any atom is 0.335 e. The minimum absolute atomic E-state index is 0.0157. The molecule has 0 radical (unpaired) electrons. The van der Waals surface area contributed by atoms with Crippen molar-refractivity contribution in [1.82, 2.24) is 10.4 Å². The van der Waals surface area contributed by atoms with Gasteiger partial charge < -0.3 is 35.4 Å². The largest absolute Gasteiger partial charge is 0.496 e. The zero-order valence-corrected chi connectivity index (χ0v) is 27.8. The number of carbonyl (C=O) groups excluding carboxylic acids is 1. The maximum absolute atomic E-state index is 14.0. The Morgan fingerprint density at radius 3 is 2.47 bits per heavy atom. The molecule has 5 aliphatic rings. The number of anilines is 1. The quantitative estimate of drug-likeness (QED) is 0.244. The van der Waals surface area contributed by atoms with Crippen LogP contribution in [0.2, 0.25) is 0 Å². The van der Waals surface area contributed by atoms with Crippen molar-refractivity contribution >= 4 is 17.6 Å². The number of aliphatic hydroxyl groups is 3. The fourth-order valence-electron chi connectivity index (χ4n) is 8.75. The maximum atomic E-state index is 14.0. The Kier molecular flexibility index (Phi) is 9.57. The summed E-state index contributed by atoms with van der Waals surface area (Å²) in [6.07, 6.45) is 3.11. The summed E-state index contributed by atoms with van der Waals surface area (Å²) < 4.78 is 5.95. The van der Waals surface area contributed by atoms with Gasteiger partial charge in [-0.1, -0.05) is 32.0 Å². The van der Waals surface area contributed by atoms with E-state index in [4.69, 9.17) is 9.57 Å². The fourth-order valence-corrected chi connectivity index (χ4v) is 8.75. The van der Waals surface area contributed by atoms with Crippen LogP contribution in [0.15, 0.2) is 36.4 Å². The molecule has 2 bridgehead atoms. The molecule has 2 aliphatic heterocycles. The van der Waals surface area contributed by atoms with Crippen molar-refractivity contribution in [3.63, 3.8) is 0 Å². The van der Waals surface area contributed by atoms with E-state index in [2.05, 4.69) is 24.1 Å². The van der Waals surface area contributed by atoms with Crippen LogP contribution >= 0.6 is 0 Å². The molecule has 2 unspecified atom stereocenters.